The van der Waals surface area contributed by atoms with Crippen LogP contribution < -0.4 is 9.62 Å². The highest BCUT2D eigenvalue weighted by Gasteiger charge is 2.24. The number of carbonyl (C=O) groups excluding carboxylic acids is 1. The summed E-state index contributed by atoms with van der Waals surface area (Å²) in [6.45, 7) is 0.435. The lowest BCUT2D eigenvalue weighted by Crippen LogP contribution is -2.28. The third kappa shape index (κ3) is 5.20. The highest BCUT2D eigenvalue weighted by molar-refractivity contribution is 7.99. The third-order valence-corrected chi connectivity index (χ3v) is 7.13. The van der Waals surface area contributed by atoms with Crippen LogP contribution in [0.4, 0.5) is 10.1 Å². The topological polar surface area (TPSA) is 66.5 Å². The zero-order valence-corrected chi connectivity index (χ0v) is 17.9. The SMILES string of the molecule is CN(c1ccccc1F)S(=O)(=O)c1cccc(C(=O)NCCSc2ccccc2)c1. The first kappa shape index (κ1) is 21.9. The molecule has 0 saturated carbocycles. The second-order valence-electron chi connectivity index (χ2n) is 6.37. The first-order valence-electron chi connectivity index (χ1n) is 9.19. The lowest BCUT2D eigenvalue weighted by Gasteiger charge is -2.20. The summed E-state index contributed by atoms with van der Waals surface area (Å²) in [5.74, 6) is -0.327. The summed E-state index contributed by atoms with van der Waals surface area (Å²) in [6, 6.07) is 21.2. The molecule has 0 unspecified atom stereocenters. The Kier molecular flexibility index (Phi) is 7.12. The molecule has 0 saturated heterocycles. The predicted octanol–water partition coefficient (Wildman–Crippen LogP) is 4.17. The average molecular weight is 445 g/mol. The zero-order valence-electron chi connectivity index (χ0n) is 16.3. The van der Waals surface area contributed by atoms with Gasteiger partial charge in [0, 0.05) is 29.8 Å². The van der Waals surface area contributed by atoms with Gasteiger partial charge < -0.3 is 5.32 Å². The van der Waals surface area contributed by atoms with Crippen molar-refractivity contribution in [3.63, 3.8) is 0 Å². The number of rotatable bonds is 8. The molecule has 1 N–H and O–H groups in total. The van der Waals surface area contributed by atoms with Crippen molar-refractivity contribution < 1.29 is 17.6 Å². The van der Waals surface area contributed by atoms with Gasteiger partial charge in [-0.2, -0.15) is 0 Å². The van der Waals surface area contributed by atoms with Crippen molar-refractivity contribution in [3.8, 4) is 0 Å². The van der Waals surface area contributed by atoms with E-state index < -0.39 is 15.8 Å². The fraction of sp³-hybridized carbons (Fsp3) is 0.136. The molecule has 3 aromatic rings. The molecule has 8 heteroatoms. The molecule has 0 radical (unpaired) electrons. The molecule has 5 nitrogen and oxygen atoms in total. The van der Waals surface area contributed by atoms with Crippen LogP contribution in [0, 0.1) is 5.82 Å². The minimum Gasteiger partial charge on any atom is -0.351 e. The van der Waals surface area contributed by atoms with Crippen LogP contribution in [0.25, 0.3) is 0 Å². The van der Waals surface area contributed by atoms with Gasteiger partial charge in [0.2, 0.25) is 0 Å². The molecule has 1 amide bonds. The Morgan fingerprint density at radius 2 is 1.70 bits per heavy atom. The number of benzene rings is 3. The van der Waals surface area contributed by atoms with Crippen LogP contribution in [0.3, 0.4) is 0 Å². The third-order valence-electron chi connectivity index (χ3n) is 4.35. The standard InChI is InChI=1S/C22H21FN2O3S2/c1-25(21-13-6-5-12-20(21)23)30(27,28)19-11-7-8-17(16-19)22(26)24-14-15-29-18-9-3-2-4-10-18/h2-13,16H,14-15H2,1H3,(H,24,26). The van der Waals surface area contributed by atoms with E-state index in [-0.39, 0.29) is 22.1 Å². The van der Waals surface area contributed by atoms with Gasteiger partial charge in [-0.1, -0.05) is 36.4 Å². The van der Waals surface area contributed by atoms with E-state index in [0.29, 0.717) is 12.3 Å². The predicted molar refractivity (Wildman–Crippen MR) is 118 cm³/mol. The van der Waals surface area contributed by atoms with Crippen LogP contribution >= 0.6 is 11.8 Å². The Labute approximate surface area is 180 Å². The molecule has 0 fully saturated rings. The Balaban J connectivity index is 1.67. The lowest BCUT2D eigenvalue weighted by molar-refractivity contribution is 0.0956. The number of hydrogen-bond acceptors (Lipinski definition) is 4. The summed E-state index contributed by atoms with van der Waals surface area (Å²) >= 11 is 1.62. The van der Waals surface area contributed by atoms with Crippen LogP contribution in [0.15, 0.2) is 88.7 Å². The fourth-order valence-electron chi connectivity index (χ4n) is 2.74. The zero-order chi connectivity index (χ0) is 21.6. The number of thioether (sulfide) groups is 1. The second kappa shape index (κ2) is 9.77. The molecule has 0 aromatic heterocycles. The maximum Gasteiger partial charge on any atom is 0.264 e. The van der Waals surface area contributed by atoms with Crippen LogP contribution in [-0.4, -0.2) is 33.7 Å². The van der Waals surface area contributed by atoms with E-state index in [9.17, 15) is 17.6 Å². The molecule has 0 aliphatic carbocycles. The van der Waals surface area contributed by atoms with Crippen molar-refractivity contribution in [1.29, 1.82) is 0 Å². The highest BCUT2D eigenvalue weighted by Crippen LogP contribution is 2.25. The Morgan fingerprint density at radius 1 is 1.00 bits per heavy atom. The summed E-state index contributed by atoms with van der Waals surface area (Å²) < 4.78 is 40.7. The van der Waals surface area contributed by atoms with Crippen molar-refractivity contribution in [2.45, 2.75) is 9.79 Å². The molecule has 0 spiro atoms. The molecular weight excluding hydrogens is 423 g/mol. The number of amides is 1. The second-order valence-corrected chi connectivity index (χ2v) is 9.51. The van der Waals surface area contributed by atoms with E-state index in [1.165, 1.54) is 43.4 Å². The molecule has 0 heterocycles. The Hall–Kier alpha value is -2.84. The normalized spacial score (nSPS) is 11.1. The van der Waals surface area contributed by atoms with Gasteiger partial charge in [-0.05, 0) is 42.5 Å². The number of hydrogen-bond donors (Lipinski definition) is 1. The van der Waals surface area contributed by atoms with Gasteiger partial charge >= 0.3 is 0 Å². The minimum absolute atomic E-state index is 0.0645. The van der Waals surface area contributed by atoms with Crippen LogP contribution in [0.5, 0.6) is 0 Å². The lowest BCUT2D eigenvalue weighted by atomic mass is 10.2. The first-order chi connectivity index (χ1) is 14.4. The van der Waals surface area contributed by atoms with Gasteiger partial charge in [-0.25, -0.2) is 12.8 Å². The first-order valence-corrected chi connectivity index (χ1v) is 11.6. The van der Waals surface area contributed by atoms with E-state index in [0.717, 1.165) is 9.20 Å². The van der Waals surface area contributed by atoms with Crippen molar-refractivity contribution >= 4 is 33.4 Å². The van der Waals surface area contributed by atoms with Gasteiger partial charge in [-0.3, -0.25) is 9.10 Å². The van der Waals surface area contributed by atoms with E-state index in [1.54, 1.807) is 23.9 Å². The van der Waals surface area contributed by atoms with Crippen molar-refractivity contribution in [2.24, 2.45) is 0 Å². The summed E-state index contributed by atoms with van der Waals surface area (Å²) in [7, 11) is -2.74. The maximum atomic E-state index is 14.0. The summed E-state index contributed by atoms with van der Waals surface area (Å²) in [5.41, 5.74) is 0.160. The molecular formula is C22H21FN2O3S2. The molecule has 30 heavy (non-hydrogen) atoms. The summed E-state index contributed by atoms with van der Waals surface area (Å²) in [5, 5.41) is 2.79. The van der Waals surface area contributed by atoms with Crippen molar-refractivity contribution in [2.75, 3.05) is 23.7 Å². The molecule has 156 valence electrons. The number of para-hydroxylation sites is 1. The average Bonchev–Trinajstić information content (AvgIpc) is 2.77. The van der Waals surface area contributed by atoms with E-state index in [2.05, 4.69) is 5.32 Å². The number of carbonyl (C=O) groups is 1. The number of sulfonamides is 1. The molecule has 0 aliphatic heterocycles. The number of anilines is 1. The quantitative estimate of drug-likeness (QED) is 0.418. The fourth-order valence-corrected chi connectivity index (χ4v) is 4.78. The number of nitrogens with zero attached hydrogens (tertiary/aromatic N) is 1. The summed E-state index contributed by atoms with van der Waals surface area (Å²) in [4.78, 5) is 13.5. The van der Waals surface area contributed by atoms with Gasteiger partial charge in [0.1, 0.15) is 5.82 Å². The molecule has 3 aromatic carbocycles. The molecule has 0 bridgehead atoms. The van der Waals surface area contributed by atoms with E-state index >= 15 is 0 Å². The molecule has 0 atom stereocenters. The smallest absolute Gasteiger partial charge is 0.264 e. The van der Waals surface area contributed by atoms with Crippen LogP contribution in [-0.2, 0) is 10.0 Å². The maximum absolute atomic E-state index is 14.0. The Bertz CT molecular complexity index is 1120. The number of nitrogens with one attached hydrogen (secondary N) is 1. The minimum atomic E-state index is -4.02. The van der Waals surface area contributed by atoms with Gasteiger partial charge in [0.05, 0.1) is 10.6 Å². The van der Waals surface area contributed by atoms with Gasteiger partial charge in [0.25, 0.3) is 15.9 Å². The summed E-state index contributed by atoms with van der Waals surface area (Å²) in [6.07, 6.45) is 0. The van der Waals surface area contributed by atoms with Crippen LogP contribution in [0.2, 0.25) is 0 Å². The van der Waals surface area contributed by atoms with Crippen molar-refractivity contribution in [3.05, 3.63) is 90.2 Å². The number of halogens is 1. The van der Waals surface area contributed by atoms with E-state index in [4.69, 9.17) is 0 Å². The highest BCUT2D eigenvalue weighted by atomic mass is 32.2. The van der Waals surface area contributed by atoms with Crippen molar-refractivity contribution in [1.82, 2.24) is 5.32 Å². The van der Waals surface area contributed by atoms with E-state index in [1.807, 2.05) is 30.3 Å². The monoisotopic (exact) mass is 444 g/mol. The largest absolute Gasteiger partial charge is 0.351 e. The molecule has 0 aliphatic rings. The van der Waals surface area contributed by atoms with Gasteiger partial charge in [0.15, 0.2) is 0 Å². The van der Waals surface area contributed by atoms with Crippen LogP contribution in [0.1, 0.15) is 10.4 Å². The van der Waals surface area contributed by atoms with Gasteiger partial charge in [-0.15, -0.1) is 11.8 Å². The Morgan fingerprint density at radius 3 is 2.43 bits per heavy atom. The molecule has 3 rings (SSSR count).